The third kappa shape index (κ3) is 5.40. The number of rotatable bonds is 9. The zero-order valence-corrected chi connectivity index (χ0v) is 14.2. The van der Waals surface area contributed by atoms with Crippen LogP contribution in [0.1, 0.15) is 36.2 Å². The third-order valence-corrected chi connectivity index (χ3v) is 4.66. The van der Waals surface area contributed by atoms with Gasteiger partial charge < -0.3 is 10.6 Å². The maximum atomic E-state index is 12.2. The third-order valence-electron chi connectivity index (χ3n) is 3.11. The Morgan fingerprint density at radius 3 is 2.50 bits per heavy atom. The molecule has 6 nitrogen and oxygen atoms in total. The van der Waals surface area contributed by atoms with Crippen molar-refractivity contribution in [1.29, 1.82) is 0 Å². The molecule has 0 fully saturated rings. The largest absolute Gasteiger partial charge is 0.351 e. The van der Waals surface area contributed by atoms with Gasteiger partial charge in [0.1, 0.15) is 0 Å². The number of carbonyl (C=O) groups is 1. The number of hydrogen-bond acceptors (Lipinski definition) is 4. The Balaban J connectivity index is 2.79. The zero-order chi connectivity index (χ0) is 16.6. The number of aryl methyl sites for hydroxylation is 1. The number of benzene rings is 1. The lowest BCUT2D eigenvalue weighted by atomic mass is 10.1. The van der Waals surface area contributed by atoms with Gasteiger partial charge in [-0.25, -0.2) is 13.1 Å². The molecule has 0 aliphatic carbocycles. The molecule has 0 aromatic heterocycles. The minimum absolute atomic E-state index is 0.106. The molecule has 0 unspecified atom stereocenters. The van der Waals surface area contributed by atoms with Crippen LogP contribution >= 0.6 is 0 Å². The second-order valence-electron chi connectivity index (χ2n) is 4.98. The monoisotopic (exact) mass is 327 g/mol. The quantitative estimate of drug-likeness (QED) is 0.591. The van der Waals surface area contributed by atoms with E-state index in [-0.39, 0.29) is 10.8 Å². The lowest BCUT2D eigenvalue weighted by Gasteiger charge is -2.11. The fraction of sp³-hybridized carbons (Fsp3) is 0.533. The molecule has 7 heteroatoms. The Hall–Kier alpha value is -1.44. The van der Waals surface area contributed by atoms with Crippen molar-refractivity contribution in [1.82, 2.24) is 15.4 Å². The van der Waals surface area contributed by atoms with Crippen molar-refractivity contribution < 1.29 is 13.2 Å². The van der Waals surface area contributed by atoms with Crippen molar-refractivity contribution in [3.8, 4) is 0 Å². The SMILES string of the molecule is CCCNCCNC(=O)c1cc(S(=O)(=O)NCC)ccc1C. The number of hydrogen-bond donors (Lipinski definition) is 3. The Morgan fingerprint density at radius 1 is 1.14 bits per heavy atom. The van der Waals surface area contributed by atoms with Crippen LogP contribution in [-0.4, -0.2) is 40.5 Å². The summed E-state index contributed by atoms with van der Waals surface area (Å²) in [7, 11) is -3.56. The highest BCUT2D eigenvalue weighted by Gasteiger charge is 2.16. The fourth-order valence-electron chi connectivity index (χ4n) is 1.95. The van der Waals surface area contributed by atoms with E-state index in [1.165, 1.54) is 12.1 Å². The van der Waals surface area contributed by atoms with E-state index in [2.05, 4.69) is 22.3 Å². The highest BCUT2D eigenvalue weighted by atomic mass is 32.2. The van der Waals surface area contributed by atoms with Crippen LogP contribution < -0.4 is 15.4 Å². The van der Waals surface area contributed by atoms with Gasteiger partial charge in [-0.2, -0.15) is 0 Å². The topological polar surface area (TPSA) is 87.3 Å². The normalized spacial score (nSPS) is 11.4. The lowest BCUT2D eigenvalue weighted by molar-refractivity contribution is 0.0953. The Bertz CT molecular complexity index is 600. The summed E-state index contributed by atoms with van der Waals surface area (Å²) in [6, 6.07) is 4.57. The lowest BCUT2D eigenvalue weighted by Crippen LogP contribution is -2.32. The van der Waals surface area contributed by atoms with Gasteiger partial charge in [0.05, 0.1) is 4.90 Å². The van der Waals surface area contributed by atoms with Gasteiger partial charge >= 0.3 is 0 Å². The first-order valence-electron chi connectivity index (χ1n) is 7.51. The highest BCUT2D eigenvalue weighted by molar-refractivity contribution is 7.89. The molecule has 0 bridgehead atoms. The number of carbonyl (C=O) groups excluding carboxylic acids is 1. The van der Waals surface area contributed by atoms with Gasteiger partial charge in [-0.1, -0.05) is 19.9 Å². The second kappa shape index (κ2) is 8.87. The van der Waals surface area contributed by atoms with E-state index >= 15 is 0 Å². The van der Waals surface area contributed by atoms with Crippen LogP contribution in [0.15, 0.2) is 23.1 Å². The average molecular weight is 327 g/mol. The van der Waals surface area contributed by atoms with E-state index in [1.54, 1.807) is 19.9 Å². The predicted octanol–water partition coefficient (Wildman–Crippen LogP) is 1.02. The van der Waals surface area contributed by atoms with E-state index < -0.39 is 10.0 Å². The van der Waals surface area contributed by atoms with Crippen LogP contribution in [0.2, 0.25) is 0 Å². The fourth-order valence-corrected chi connectivity index (χ4v) is 3.01. The maximum Gasteiger partial charge on any atom is 0.251 e. The van der Waals surface area contributed by atoms with Crippen molar-refractivity contribution >= 4 is 15.9 Å². The molecule has 0 aliphatic rings. The highest BCUT2D eigenvalue weighted by Crippen LogP contribution is 2.15. The summed E-state index contributed by atoms with van der Waals surface area (Å²) in [5, 5.41) is 5.98. The van der Waals surface area contributed by atoms with Crippen LogP contribution in [0, 0.1) is 6.92 Å². The van der Waals surface area contributed by atoms with Gasteiger partial charge in [0.25, 0.3) is 5.91 Å². The first-order chi connectivity index (χ1) is 10.4. The van der Waals surface area contributed by atoms with Gasteiger partial charge in [-0.15, -0.1) is 0 Å². The summed E-state index contributed by atoms with van der Waals surface area (Å²) in [6.45, 7) is 7.98. The minimum Gasteiger partial charge on any atom is -0.351 e. The van der Waals surface area contributed by atoms with E-state index in [9.17, 15) is 13.2 Å². The first kappa shape index (κ1) is 18.6. The minimum atomic E-state index is -3.56. The smallest absolute Gasteiger partial charge is 0.251 e. The van der Waals surface area contributed by atoms with E-state index in [0.29, 0.717) is 25.2 Å². The summed E-state index contributed by atoms with van der Waals surface area (Å²) >= 11 is 0. The molecule has 0 spiro atoms. The molecular weight excluding hydrogens is 302 g/mol. The molecule has 0 radical (unpaired) electrons. The molecule has 1 aromatic carbocycles. The first-order valence-corrected chi connectivity index (χ1v) is 9.00. The number of amides is 1. The maximum absolute atomic E-state index is 12.2. The summed E-state index contributed by atoms with van der Waals surface area (Å²) in [4.78, 5) is 12.3. The number of nitrogens with one attached hydrogen (secondary N) is 3. The molecule has 3 N–H and O–H groups in total. The van der Waals surface area contributed by atoms with Crippen LogP contribution in [0.5, 0.6) is 0 Å². The average Bonchev–Trinajstić information content (AvgIpc) is 2.47. The van der Waals surface area contributed by atoms with Gasteiger partial charge in [0.2, 0.25) is 10.0 Å². The molecule has 0 saturated heterocycles. The van der Waals surface area contributed by atoms with Crippen LogP contribution in [0.3, 0.4) is 0 Å². The van der Waals surface area contributed by atoms with Crippen molar-refractivity contribution in [2.45, 2.75) is 32.1 Å². The Labute approximate surface area is 132 Å². The molecule has 0 saturated carbocycles. The van der Waals surface area contributed by atoms with Gasteiger partial charge in [0, 0.05) is 25.2 Å². The van der Waals surface area contributed by atoms with Crippen molar-refractivity contribution in [3.05, 3.63) is 29.3 Å². The van der Waals surface area contributed by atoms with Crippen LogP contribution in [0.4, 0.5) is 0 Å². The molecule has 1 amide bonds. The Kier molecular flexibility index (Phi) is 7.50. The molecule has 1 aromatic rings. The molecule has 0 atom stereocenters. The van der Waals surface area contributed by atoms with Crippen LogP contribution in [0.25, 0.3) is 0 Å². The molecular formula is C15H25N3O3S. The molecule has 124 valence electrons. The van der Waals surface area contributed by atoms with Gasteiger partial charge in [-0.05, 0) is 37.6 Å². The van der Waals surface area contributed by atoms with Gasteiger partial charge in [0.15, 0.2) is 0 Å². The standard InChI is InChI=1S/C15H25N3O3S/c1-4-8-16-9-10-17-15(19)14-11-13(7-6-12(14)3)22(20,21)18-5-2/h6-7,11,16,18H,4-5,8-10H2,1-3H3,(H,17,19). The van der Waals surface area contributed by atoms with Crippen LogP contribution in [-0.2, 0) is 10.0 Å². The van der Waals surface area contributed by atoms with E-state index in [4.69, 9.17) is 0 Å². The van der Waals surface area contributed by atoms with Crippen molar-refractivity contribution in [2.24, 2.45) is 0 Å². The summed E-state index contributed by atoms with van der Waals surface area (Å²) < 4.78 is 26.4. The van der Waals surface area contributed by atoms with Gasteiger partial charge in [-0.3, -0.25) is 4.79 Å². The van der Waals surface area contributed by atoms with E-state index in [1.807, 2.05) is 0 Å². The Morgan fingerprint density at radius 2 is 1.86 bits per heavy atom. The second-order valence-corrected chi connectivity index (χ2v) is 6.75. The summed E-state index contributed by atoms with van der Waals surface area (Å²) in [5.41, 5.74) is 1.13. The summed E-state index contributed by atoms with van der Waals surface area (Å²) in [5.74, 6) is -0.260. The molecule has 0 heterocycles. The zero-order valence-electron chi connectivity index (χ0n) is 13.4. The van der Waals surface area contributed by atoms with Crippen molar-refractivity contribution in [3.63, 3.8) is 0 Å². The predicted molar refractivity (Wildman–Crippen MR) is 87.5 cm³/mol. The van der Waals surface area contributed by atoms with E-state index in [0.717, 1.165) is 18.5 Å². The molecule has 1 rings (SSSR count). The molecule has 22 heavy (non-hydrogen) atoms. The van der Waals surface area contributed by atoms with Crippen molar-refractivity contribution in [2.75, 3.05) is 26.2 Å². The molecule has 0 aliphatic heterocycles. The summed E-state index contributed by atoms with van der Waals surface area (Å²) in [6.07, 6.45) is 1.04. The number of sulfonamides is 1.